The number of hydrogen-bond donors (Lipinski definition) is 0. The van der Waals surface area contributed by atoms with Gasteiger partial charge in [-0.3, -0.25) is 0 Å². The zero-order chi connectivity index (χ0) is 15.4. The third-order valence-electron chi connectivity index (χ3n) is 3.31. The smallest absolute Gasteiger partial charge is 0.214 e. The first-order chi connectivity index (χ1) is 10.8. The second-order valence-corrected chi connectivity index (χ2v) is 6.05. The highest BCUT2D eigenvalue weighted by Gasteiger charge is 2.14. The number of methoxy groups -OCH3 is 1. The van der Waals surface area contributed by atoms with Gasteiger partial charge in [0.25, 0.3) is 0 Å². The monoisotopic (exact) mass is 312 g/mol. The Morgan fingerprint density at radius 1 is 1.05 bits per heavy atom. The van der Waals surface area contributed by atoms with Crippen LogP contribution in [0.15, 0.2) is 59.8 Å². The Balaban J connectivity index is 1.82. The van der Waals surface area contributed by atoms with Crippen LogP contribution in [0.3, 0.4) is 0 Å². The zero-order valence-electron chi connectivity index (χ0n) is 12.4. The maximum atomic E-state index is 5.17. The highest BCUT2D eigenvalue weighted by molar-refractivity contribution is 7.99. The molecule has 0 aliphatic heterocycles. The number of tetrazole rings is 1. The second kappa shape index (κ2) is 6.62. The molecule has 0 bridgehead atoms. The number of aromatic nitrogens is 4. The standard InChI is InChI=1S/C16H16N4OS/c1-12(13-6-4-3-5-7-13)22-16-17-18-19-20(16)14-8-10-15(21-2)11-9-14/h3-12H,1-2H3. The minimum absolute atomic E-state index is 0.268. The van der Waals surface area contributed by atoms with Crippen LogP contribution in [0, 0.1) is 0 Å². The zero-order valence-corrected chi connectivity index (χ0v) is 13.2. The summed E-state index contributed by atoms with van der Waals surface area (Å²) in [6.45, 7) is 2.15. The summed E-state index contributed by atoms with van der Waals surface area (Å²) in [5.74, 6) is 0.809. The first kappa shape index (κ1) is 14.6. The summed E-state index contributed by atoms with van der Waals surface area (Å²) in [5, 5.41) is 13.0. The number of hydrogen-bond acceptors (Lipinski definition) is 5. The molecular formula is C16H16N4OS. The van der Waals surface area contributed by atoms with Gasteiger partial charge in [-0.15, -0.1) is 5.10 Å². The summed E-state index contributed by atoms with van der Waals surface area (Å²) in [6, 6.07) is 18.0. The summed E-state index contributed by atoms with van der Waals surface area (Å²) < 4.78 is 6.91. The Hall–Kier alpha value is -2.34. The van der Waals surface area contributed by atoms with Gasteiger partial charge in [-0.2, -0.15) is 4.68 Å². The minimum atomic E-state index is 0.268. The SMILES string of the molecule is COc1ccc(-n2nnnc2SC(C)c2ccccc2)cc1. The Bertz CT molecular complexity index is 727. The third kappa shape index (κ3) is 3.12. The predicted molar refractivity (Wildman–Crippen MR) is 86.4 cm³/mol. The van der Waals surface area contributed by atoms with Gasteiger partial charge in [-0.05, 0) is 47.2 Å². The van der Waals surface area contributed by atoms with Crippen LogP contribution >= 0.6 is 11.8 Å². The number of ether oxygens (including phenoxy) is 1. The quantitative estimate of drug-likeness (QED) is 0.675. The molecule has 6 heteroatoms. The molecule has 0 amide bonds. The van der Waals surface area contributed by atoms with E-state index < -0.39 is 0 Å². The van der Waals surface area contributed by atoms with Crippen molar-refractivity contribution in [1.29, 1.82) is 0 Å². The topological polar surface area (TPSA) is 52.8 Å². The van der Waals surface area contributed by atoms with E-state index in [1.54, 1.807) is 23.6 Å². The summed E-state index contributed by atoms with van der Waals surface area (Å²) in [4.78, 5) is 0. The van der Waals surface area contributed by atoms with Gasteiger partial charge in [0, 0.05) is 5.25 Å². The van der Waals surface area contributed by atoms with E-state index in [9.17, 15) is 0 Å². The fourth-order valence-corrected chi connectivity index (χ4v) is 3.02. The van der Waals surface area contributed by atoms with Crippen LogP contribution < -0.4 is 4.74 Å². The molecular weight excluding hydrogens is 296 g/mol. The average molecular weight is 312 g/mol. The van der Waals surface area contributed by atoms with E-state index in [-0.39, 0.29) is 5.25 Å². The summed E-state index contributed by atoms with van der Waals surface area (Å²) in [7, 11) is 1.65. The second-order valence-electron chi connectivity index (χ2n) is 4.74. The lowest BCUT2D eigenvalue weighted by Gasteiger charge is -2.11. The molecule has 1 aromatic heterocycles. The van der Waals surface area contributed by atoms with Crippen LogP contribution in [0.1, 0.15) is 17.7 Å². The molecule has 0 saturated heterocycles. The van der Waals surface area contributed by atoms with E-state index in [0.717, 1.165) is 16.6 Å². The van der Waals surface area contributed by atoms with Crippen LogP contribution in [0.5, 0.6) is 5.75 Å². The fourth-order valence-electron chi connectivity index (χ4n) is 2.09. The van der Waals surface area contributed by atoms with E-state index >= 15 is 0 Å². The van der Waals surface area contributed by atoms with Crippen molar-refractivity contribution in [3.05, 3.63) is 60.2 Å². The van der Waals surface area contributed by atoms with E-state index in [0.29, 0.717) is 0 Å². The number of nitrogens with zero attached hydrogens (tertiary/aromatic N) is 4. The molecule has 0 spiro atoms. The van der Waals surface area contributed by atoms with Gasteiger partial charge < -0.3 is 4.74 Å². The molecule has 3 aromatic rings. The van der Waals surface area contributed by atoms with Gasteiger partial charge in [-0.1, -0.05) is 42.1 Å². The lowest BCUT2D eigenvalue weighted by atomic mass is 10.2. The van der Waals surface area contributed by atoms with Crippen LogP contribution in [0.2, 0.25) is 0 Å². The van der Waals surface area contributed by atoms with Gasteiger partial charge in [0.05, 0.1) is 12.8 Å². The average Bonchev–Trinajstić information content (AvgIpc) is 3.04. The molecule has 0 fully saturated rings. The van der Waals surface area contributed by atoms with Crippen LogP contribution in [-0.2, 0) is 0 Å². The van der Waals surface area contributed by atoms with Crippen molar-refractivity contribution in [2.24, 2.45) is 0 Å². The third-order valence-corrected chi connectivity index (χ3v) is 4.40. The van der Waals surface area contributed by atoms with Gasteiger partial charge >= 0.3 is 0 Å². The summed E-state index contributed by atoms with van der Waals surface area (Å²) in [5.41, 5.74) is 2.16. The molecule has 1 unspecified atom stereocenters. The minimum Gasteiger partial charge on any atom is -0.497 e. The molecule has 0 saturated carbocycles. The Morgan fingerprint density at radius 2 is 1.77 bits per heavy atom. The number of rotatable bonds is 5. The molecule has 1 heterocycles. The molecule has 112 valence electrons. The Kier molecular flexibility index (Phi) is 4.39. The van der Waals surface area contributed by atoms with Gasteiger partial charge in [-0.25, -0.2) is 0 Å². The molecule has 0 radical (unpaired) electrons. The molecule has 0 N–H and O–H groups in total. The lowest BCUT2D eigenvalue weighted by molar-refractivity contribution is 0.414. The summed E-state index contributed by atoms with van der Waals surface area (Å²) >= 11 is 1.63. The molecule has 3 rings (SSSR count). The van der Waals surface area contributed by atoms with Gasteiger partial charge in [0.2, 0.25) is 5.16 Å². The molecule has 0 aliphatic carbocycles. The predicted octanol–water partition coefficient (Wildman–Crippen LogP) is 3.52. The first-order valence-corrected chi connectivity index (χ1v) is 7.80. The van der Waals surface area contributed by atoms with Crippen molar-refractivity contribution in [2.45, 2.75) is 17.3 Å². The fraction of sp³-hybridized carbons (Fsp3) is 0.188. The molecule has 1 atom stereocenters. The normalized spacial score (nSPS) is 12.1. The van der Waals surface area contributed by atoms with Gasteiger partial charge in [0.15, 0.2) is 0 Å². The molecule has 5 nitrogen and oxygen atoms in total. The lowest BCUT2D eigenvalue weighted by Crippen LogP contribution is -2.00. The van der Waals surface area contributed by atoms with Gasteiger partial charge in [0.1, 0.15) is 5.75 Å². The van der Waals surface area contributed by atoms with E-state index in [1.807, 2.05) is 42.5 Å². The highest BCUT2D eigenvalue weighted by atomic mass is 32.2. The highest BCUT2D eigenvalue weighted by Crippen LogP contribution is 2.33. The maximum Gasteiger partial charge on any atom is 0.214 e. The van der Waals surface area contributed by atoms with E-state index in [1.165, 1.54) is 5.56 Å². The van der Waals surface area contributed by atoms with Crippen LogP contribution in [0.25, 0.3) is 5.69 Å². The Morgan fingerprint density at radius 3 is 2.45 bits per heavy atom. The van der Waals surface area contributed by atoms with Crippen LogP contribution in [-0.4, -0.2) is 27.3 Å². The van der Waals surface area contributed by atoms with Crippen molar-refractivity contribution in [2.75, 3.05) is 7.11 Å². The molecule has 2 aromatic carbocycles. The number of benzene rings is 2. The molecule has 0 aliphatic rings. The maximum absolute atomic E-state index is 5.17. The largest absolute Gasteiger partial charge is 0.497 e. The van der Waals surface area contributed by atoms with E-state index in [2.05, 4.69) is 34.6 Å². The Labute approximate surface area is 133 Å². The summed E-state index contributed by atoms with van der Waals surface area (Å²) in [6.07, 6.45) is 0. The number of thioether (sulfide) groups is 1. The van der Waals surface area contributed by atoms with Crippen LogP contribution in [0.4, 0.5) is 0 Å². The van der Waals surface area contributed by atoms with Crippen molar-refractivity contribution < 1.29 is 4.74 Å². The van der Waals surface area contributed by atoms with Crippen molar-refractivity contribution in [3.63, 3.8) is 0 Å². The molecule has 22 heavy (non-hydrogen) atoms. The van der Waals surface area contributed by atoms with Crippen molar-refractivity contribution in [3.8, 4) is 11.4 Å². The van der Waals surface area contributed by atoms with Crippen molar-refractivity contribution >= 4 is 11.8 Å². The van der Waals surface area contributed by atoms with E-state index in [4.69, 9.17) is 4.74 Å². The van der Waals surface area contributed by atoms with Crippen molar-refractivity contribution in [1.82, 2.24) is 20.2 Å². The first-order valence-electron chi connectivity index (χ1n) is 6.92.